The van der Waals surface area contributed by atoms with Crippen molar-refractivity contribution in [2.45, 2.75) is 26.0 Å². The van der Waals surface area contributed by atoms with Gasteiger partial charge in [-0.25, -0.2) is 0 Å². The van der Waals surface area contributed by atoms with Gasteiger partial charge in [-0.2, -0.15) is 0 Å². The fraction of sp³-hybridized carbons (Fsp3) is 0.316. The molecule has 0 saturated carbocycles. The van der Waals surface area contributed by atoms with E-state index in [1.54, 1.807) is 6.92 Å². The topological polar surface area (TPSA) is 73.6 Å². The van der Waals surface area contributed by atoms with Crippen molar-refractivity contribution in [1.29, 1.82) is 0 Å². The van der Waals surface area contributed by atoms with E-state index in [2.05, 4.69) is 5.32 Å². The summed E-state index contributed by atoms with van der Waals surface area (Å²) in [5, 5.41) is 2.84. The summed E-state index contributed by atoms with van der Waals surface area (Å²) in [4.78, 5) is 11.7. The van der Waals surface area contributed by atoms with Crippen LogP contribution in [-0.2, 0) is 16.1 Å². The van der Waals surface area contributed by atoms with Gasteiger partial charge in [0.05, 0.1) is 13.2 Å². The Labute approximate surface area is 142 Å². The Morgan fingerprint density at radius 1 is 1.12 bits per heavy atom. The fourth-order valence-corrected chi connectivity index (χ4v) is 2.17. The molecule has 1 unspecified atom stereocenters. The van der Waals surface area contributed by atoms with Crippen molar-refractivity contribution >= 4 is 11.6 Å². The molecule has 2 aromatic rings. The number of hydrogen-bond acceptors (Lipinski definition) is 4. The SMILES string of the molecule is CC(N)CC(=O)Nc1cccc(COCCOc2ccccc2)c1. The number of ether oxygens (including phenoxy) is 2. The van der Waals surface area contributed by atoms with Crippen LogP contribution < -0.4 is 15.8 Å². The molecule has 5 nitrogen and oxygen atoms in total. The number of nitrogens with one attached hydrogen (secondary N) is 1. The van der Waals surface area contributed by atoms with E-state index in [4.69, 9.17) is 15.2 Å². The van der Waals surface area contributed by atoms with Gasteiger partial charge >= 0.3 is 0 Å². The summed E-state index contributed by atoms with van der Waals surface area (Å²) in [7, 11) is 0. The van der Waals surface area contributed by atoms with Gasteiger partial charge in [-0.1, -0.05) is 30.3 Å². The van der Waals surface area contributed by atoms with Crippen molar-refractivity contribution in [3.63, 3.8) is 0 Å². The molecule has 0 radical (unpaired) electrons. The van der Waals surface area contributed by atoms with E-state index < -0.39 is 0 Å². The zero-order chi connectivity index (χ0) is 17.2. The van der Waals surface area contributed by atoms with E-state index in [9.17, 15) is 4.79 Å². The standard InChI is InChI=1S/C19H24N2O3/c1-15(20)12-19(22)21-17-7-5-6-16(13-17)14-23-10-11-24-18-8-3-2-4-9-18/h2-9,13,15H,10-12,14,20H2,1H3,(H,21,22). The van der Waals surface area contributed by atoms with Crippen LogP contribution in [0.2, 0.25) is 0 Å². The predicted octanol–water partition coefficient (Wildman–Crippen LogP) is 2.96. The van der Waals surface area contributed by atoms with Crippen LogP contribution >= 0.6 is 0 Å². The van der Waals surface area contributed by atoms with Gasteiger partial charge < -0.3 is 20.5 Å². The van der Waals surface area contributed by atoms with Crippen LogP contribution in [0.25, 0.3) is 0 Å². The number of para-hydroxylation sites is 1. The van der Waals surface area contributed by atoms with E-state index >= 15 is 0 Å². The normalized spacial score (nSPS) is 11.8. The smallest absolute Gasteiger partial charge is 0.225 e. The van der Waals surface area contributed by atoms with Crippen LogP contribution in [0, 0.1) is 0 Å². The van der Waals surface area contributed by atoms with Crippen molar-refractivity contribution in [1.82, 2.24) is 0 Å². The number of carbonyl (C=O) groups is 1. The van der Waals surface area contributed by atoms with E-state index in [-0.39, 0.29) is 11.9 Å². The summed E-state index contributed by atoms with van der Waals surface area (Å²) >= 11 is 0. The van der Waals surface area contributed by atoms with Crippen LogP contribution in [0.1, 0.15) is 18.9 Å². The number of benzene rings is 2. The first-order valence-corrected chi connectivity index (χ1v) is 8.03. The van der Waals surface area contributed by atoms with Crippen LogP contribution in [0.15, 0.2) is 54.6 Å². The maximum absolute atomic E-state index is 11.7. The molecule has 0 aliphatic rings. The number of rotatable bonds is 9. The van der Waals surface area contributed by atoms with E-state index in [0.717, 1.165) is 17.0 Å². The van der Waals surface area contributed by atoms with Crippen LogP contribution in [0.3, 0.4) is 0 Å². The largest absolute Gasteiger partial charge is 0.491 e. The molecule has 5 heteroatoms. The zero-order valence-corrected chi connectivity index (χ0v) is 13.9. The second kappa shape index (κ2) is 9.70. The van der Waals surface area contributed by atoms with Crippen molar-refractivity contribution in [2.75, 3.05) is 18.5 Å². The van der Waals surface area contributed by atoms with Gasteiger partial charge in [-0.05, 0) is 36.8 Å². The number of carbonyl (C=O) groups excluding carboxylic acids is 1. The summed E-state index contributed by atoms with van der Waals surface area (Å²) in [5.41, 5.74) is 7.37. The Hall–Kier alpha value is -2.37. The predicted molar refractivity (Wildman–Crippen MR) is 94.9 cm³/mol. The fourth-order valence-electron chi connectivity index (χ4n) is 2.17. The summed E-state index contributed by atoms with van der Waals surface area (Å²) in [5.74, 6) is 0.749. The molecular weight excluding hydrogens is 304 g/mol. The first-order valence-electron chi connectivity index (χ1n) is 8.03. The van der Waals surface area contributed by atoms with Crippen molar-refractivity contribution in [2.24, 2.45) is 5.73 Å². The molecule has 1 atom stereocenters. The lowest BCUT2D eigenvalue weighted by molar-refractivity contribution is -0.116. The third-order valence-corrected chi connectivity index (χ3v) is 3.23. The number of anilines is 1. The summed E-state index contributed by atoms with van der Waals surface area (Å²) in [6.45, 7) is 3.27. The van der Waals surface area contributed by atoms with Crippen LogP contribution in [0.4, 0.5) is 5.69 Å². The highest BCUT2D eigenvalue weighted by Crippen LogP contribution is 2.12. The maximum atomic E-state index is 11.7. The molecule has 24 heavy (non-hydrogen) atoms. The molecular formula is C19H24N2O3. The molecule has 3 N–H and O–H groups in total. The highest BCUT2D eigenvalue weighted by atomic mass is 16.5. The molecule has 0 aliphatic heterocycles. The Morgan fingerprint density at radius 2 is 1.92 bits per heavy atom. The van der Waals surface area contributed by atoms with Gasteiger partial charge in [0.15, 0.2) is 0 Å². The minimum absolute atomic E-state index is 0.0840. The lowest BCUT2D eigenvalue weighted by atomic mass is 10.2. The number of amides is 1. The molecule has 128 valence electrons. The Kier molecular flexibility index (Phi) is 7.26. The van der Waals surface area contributed by atoms with Gasteiger partial charge in [-0.3, -0.25) is 4.79 Å². The van der Waals surface area contributed by atoms with E-state index in [1.165, 1.54) is 0 Å². The molecule has 0 saturated heterocycles. The first kappa shape index (κ1) is 18.0. The molecule has 2 aromatic carbocycles. The van der Waals surface area contributed by atoms with Gasteiger partial charge in [0.2, 0.25) is 5.91 Å². The Balaban J connectivity index is 1.71. The van der Waals surface area contributed by atoms with Crippen molar-refractivity contribution in [3.8, 4) is 5.75 Å². The van der Waals surface area contributed by atoms with Crippen LogP contribution in [0.5, 0.6) is 5.75 Å². The van der Waals surface area contributed by atoms with Crippen LogP contribution in [-0.4, -0.2) is 25.2 Å². The third kappa shape index (κ3) is 6.81. The zero-order valence-electron chi connectivity index (χ0n) is 13.9. The lowest BCUT2D eigenvalue weighted by Crippen LogP contribution is -2.24. The number of hydrogen-bond donors (Lipinski definition) is 2. The summed E-state index contributed by atoms with van der Waals surface area (Å²) in [6.07, 6.45) is 0.303. The van der Waals surface area contributed by atoms with Crippen molar-refractivity contribution < 1.29 is 14.3 Å². The van der Waals surface area contributed by atoms with E-state index in [1.807, 2.05) is 54.6 Å². The highest BCUT2D eigenvalue weighted by Gasteiger charge is 2.05. The van der Waals surface area contributed by atoms with E-state index in [0.29, 0.717) is 26.2 Å². The van der Waals surface area contributed by atoms with Gasteiger partial charge in [-0.15, -0.1) is 0 Å². The molecule has 0 spiro atoms. The molecule has 2 rings (SSSR count). The number of nitrogens with two attached hydrogens (primary N) is 1. The Bertz CT molecular complexity index is 630. The highest BCUT2D eigenvalue weighted by molar-refractivity contribution is 5.91. The second-order valence-electron chi connectivity index (χ2n) is 5.64. The lowest BCUT2D eigenvalue weighted by Gasteiger charge is -2.10. The monoisotopic (exact) mass is 328 g/mol. The van der Waals surface area contributed by atoms with Gasteiger partial charge in [0, 0.05) is 18.2 Å². The van der Waals surface area contributed by atoms with Gasteiger partial charge in [0.1, 0.15) is 12.4 Å². The molecule has 0 aliphatic carbocycles. The molecule has 0 heterocycles. The molecule has 0 aromatic heterocycles. The summed E-state index contributed by atoms with van der Waals surface area (Å²) in [6, 6.07) is 17.1. The average Bonchev–Trinajstić information content (AvgIpc) is 2.55. The molecule has 0 bridgehead atoms. The minimum Gasteiger partial charge on any atom is -0.491 e. The molecule has 1 amide bonds. The quantitative estimate of drug-likeness (QED) is 0.694. The second-order valence-corrected chi connectivity index (χ2v) is 5.64. The average molecular weight is 328 g/mol. The van der Waals surface area contributed by atoms with Crippen molar-refractivity contribution in [3.05, 3.63) is 60.2 Å². The Morgan fingerprint density at radius 3 is 2.67 bits per heavy atom. The summed E-state index contributed by atoms with van der Waals surface area (Å²) < 4.78 is 11.2. The van der Waals surface area contributed by atoms with Gasteiger partial charge in [0.25, 0.3) is 0 Å². The third-order valence-electron chi connectivity index (χ3n) is 3.23. The minimum atomic E-state index is -0.152. The molecule has 0 fully saturated rings. The maximum Gasteiger partial charge on any atom is 0.225 e. The first-order chi connectivity index (χ1) is 11.6.